The number of hydrogen-bond donors (Lipinski definition) is 1. The molecule has 4 aliphatic carbocycles. The second kappa shape index (κ2) is 7.13. The van der Waals surface area contributed by atoms with Gasteiger partial charge in [0.15, 0.2) is 5.78 Å². The molecule has 0 heterocycles. The molecule has 1 N–H and O–H groups in total. The summed E-state index contributed by atoms with van der Waals surface area (Å²) in [5.41, 5.74) is 3.11. The van der Waals surface area contributed by atoms with E-state index < -0.39 is 4.92 Å². The van der Waals surface area contributed by atoms with Crippen LogP contribution < -0.4 is 0 Å². The molecule has 0 radical (unpaired) electrons. The van der Waals surface area contributed by atoms with Gasteiger partial charge in [0.25, 0.3) is 5.69 Å². The van der Waals surface area contributed by atoms with Gasteiger partial charge in [-0.05, 0) is 97.5 Å². The average molecular weight is 422 g/mol. The van der Waals surface area contributed by atoms with Crippen LogP contribution in [0.25, 0.3) is 6.08 Å². The van der Waals surface area contributed by atoms with Crippen LogP contribution in [0.2, 0.25) is 0 Å². The Kier molecular flexibility index (Phi) is 4.74. The van der Waals surface area contributed by atoms with Gasteiger partial charge in [0, 0.05) is 17.5 Å². The minimum atomic E-state index is -0.400. The molecule has 0 spiro atoms. The monoisotopic (exact) mass is 421 g/mol. The number of aliphatic hydroxyl groups is 1. The second-order valence-corrected chi connectivity index (χ2v) is 10.7. The maximum Gasteiger partial charge on any atom is 0.269 e. The number of nitro benzene ring substituents is 1. The van der Waals surface area contributed by atoms with Crippen LogP contribution in [-0.4, -0.2) is 21.9 Å². The third kappa shape index (κ3) is 3.12. The molecule has 1 aromatic carbocycles. The molecular weight excluding hydrogens is 390 g/mol. The number of ketones is 1. The fourth-order valence-corrected chi connectivity index (χ4v) is 7.33. The Morgan fingerprint density at radius 1 is 1.06 bits per heavy atom. The zero-order valence-electron chi connectivity index (χ0n) is 18.3. The number of benzene rings is 1. The van der Waals surface area contributed by atoms with Crippen molar-refractivity contribution in [2.75, 3.05) is 0 Å². The fraction of sp³-hybridized carbons (Fsp3) is 0.577. The van der Waals surface area contributed by atoms with Gasteiger partial charge in [-0.15, -0.1) is 0 Å². The number of fused-ring (bicyclic) bond motifs is 5. The molecule has 0 amide bonds. The Labute approximate surface area is 183 Å². The maximum atomic E-state index is 13.5. The Morgan fingerprint density at radius 2 is 1.77 bits per heavy atom. The van der Waals surface area contributed by atoms with Crippen molar-refractivity contribution in [2.45, 2.75) is 64.9 Å². The lowest BCUT2D eigenvalue weighted by Crippen LogP contribution is -2.50. The molecule has 164 valence electrons. The van der Waals surface area contributed by atoms with Crippen LogP contribution in [0, 0.1) is 38.7 Å². The van der Waals surface area contributed by atoms with E-state index in [4.69, 9.17) is 0 Å². The van der Waals surface area contributed by atoms with Crippen LogP contribution in [-0.2, 0) is 4.79 Å². The van der Waals surface area contributed by atoms with Crippen LogP contribution in [0.15, 0.2) is 41.5 Å². The highest BCUT2D eigenvalue weighted by atomic mass is 16.6. The normalized spacial score (nSPS) is 40.7. The summed E-state index contributed by atoms with van der Waals surface area (Å²) in [6, 6.07) is 6.47. The summed E-state index contributed by atoms with van der Waals surface area (Å²) >= 11 is 0. The molecule has 5 rings (SSSR count). The van der Waals surface area contributed by atoms with Crippen molar-refractivity contribution in [3.05, 3.63) is 57.2 Å². The molecule has 0 aliphatic heterocycles. The van der Waals surface area contributed by atoms with E-state index in [1.165, 1.54) is 17.7 Å². The van der Waals surface area contributed by atoms with Crippen molar-refractivity contribution in [3.63, 3.8) is 0 Å². The van der Waals surface area contributed by atoms with Gasteiger partial charge in [-0.1, -0.05) is 25.5 Å². The molecule has 3 fully saturated rings. The summed E-state index contributed by atoms with van der Waals surface area (Å²) in [7, 11) is 0. The predicted octanol–water partition coefficient (Wildman–Crippen LogP) is 5.48. The molecule has 0 unspecified atom stereocenters. The lowest BCUT2D eigenvalue weighted by molar-refractivity contribution is -0.384. The number of non-ortho nitro benzene ring substituents is 1. The highest BCUT2D eigenvalue weighted by Gasteiger charge is 2.59. The first kappa shape index (κ1) is 20.6. The summed E-state index contributed by atoms with van der Waals surface area (Å²) in [4.78, 5) is 24.0. The molecule has 4 aliphatic rings. The first-order chi connectivity index (χ1) is 14.7. The zero-order valence-corrected chi connectivity index (χ0v) is 18.3. The third-order valence-electron chi connectivity index (χ3n) is 9.16. The number of rotatable bonds is 2. The number of carbonyl (C=O) groups excluding carboxylic acids is 1. The van der Waals surface area contributed by atoms with Crippen LogP contribution in [0.4, 0.5) is 5.69 Å². The SMILES string of the molecule is C[C@]12CC[C@H](O)CC1=CC[C@H]1[C@H]2CC[C@]2(C)C(=O)/C(=C\c3ccc([N+](=O)[O-])cc3)C[C@H]12. The van der Waals surface area contributed by atoms with E-state index in [1.54, 1.807) is 12.1 Å². The van der Waals surface area contributed by atoms with E-state index in [0.717, 1.165) is 56.1 Å². The van der Waals surface area contributed by atoms with E-state index in [1.807, 2.05) is 6.08 Å². The van der Waals surface area contributed by atoms with Crippen LogP contribution in [0.3, 0.4) is 0 Å². The van der Waals surface area contributed by atoms with Crippen LogP contribution in [0.1, 0.15) is 64.4 Å². The van der Waals surface area contributed by atoms with E-state index >= 15 is 0 Å². The lowest BCUT2D eigenvalue weighted by atomic mass is 9.48. The van der Waals surface area contributed by atoms with Gasteiger partial charge in [0.1, 0.15) is 0 Å². The molecule has 31 heavy (non-hydrogen) atoms. The van der Waals surface area contributed by atoms with Gasteiger partial charge in [0.2, 0.25) is 0 Å². The van der Waals surface area contributed by atoms with Gasteiger partial charge in [-0.25, -0.2) is 0 Å². The minimum absolute atomic E-state index is 0.0685. The van der Waals surface area contributed by atoms with Gasteiger partial charge in [0.05, 0.1) is 11.0 Å². The molecule has 3 saturated carbocycles. The molecule has 0 saturated heterocycles. The maximum absolute atomic E-state index is 13.5. The van der Waals surface area contributed by atoms with Crippen molar-refractivity contribution in [3.8, 4) is 0 Å². The summed E-state index contributed by atoms with van der Waals surface area (Å²) in [6.07, 6.45) is 10.7. The molecule has 5 heteroatoms. The Hall–Kier alpha value is -2.27. The molecule has 1 aromatic rings. The van der Waals surface area contributed by atoms with Gasteiger partial charge in [-0.2, -0.15) is 0 Å². The van der Waals surface area contributed by atoms with Crippen molar-refractivity contribution >= 4 is 17.5 Å². The number of nitrogens with zero attached hydrogens (tertiary/aromatic N) is 1. The van der Waals surface area contributed by atoms with Gasteiger partial charge in [-0.3, -0.25) is 14.9 Å². The van der Waals surface area contributed by atoms with E-state index in [2.05, 4.69) is 19.9 Å². The summed E-state index contributed by atoms with van der Waals surface area (Å²) in [6.45, 7) is 4.56. The molecule has 5 nitrogen and oxygen atoms in total. The van der Waals surface area contributed by atoms with Crippen molar-refractivity contribution in [2.24, 2.45) is 28.6 Å². The van der Waals surface area contributed by atoms with Crippen molar-refractivity contribution in [1.82, 2.24) is 0 Å². The fourth-order valence-electron chi connectivity index (χ4n) is 7.33. The van der Waals surface area contributed by atoms with Gasteiger partial charge >= 0.3 is 0 Å². The zero-order chi connectivity index (χ0) is 22.0. The average Bonchev–Trinajstić information content (AvgIpc) is 2.99. The van der Waals surface area contributed by atoms with Crippen molar-refractivity contribution < 1.29 is 14.8 Å². The molecule has 0 aromatic heterocycles. The Balaban J connectivity index is 1.44. The Bertz CT molecular complexity index is 993. The highest BCUT2D eigenvalue weighted by Crippen LogP contribution is 2.64. The highest BCUT2D eigenvalue weighted by molar-refractivity contribution is 6.06. The van der Waals surface area contributed by atoms with Crippen molar-refractivity contribution in [1.29, 1.82) is 0 Å². The summed E-state index contributed by atoms with van der Waals surface area (Å²) < 4.78 is 0. The first-order valence-corrected chi connectivity index (χ1v) is 11.6. The standard InChI is InChI=1S/C26H31NO4/c1-25-11-9-20(28)15-18(25)5-8-21-22(25)10-12-26(2)23(21)14-17(24(26)29)13-16-3-6-19(7-4-16)27(30)31/h3-7,13,20-23,28H,8-12,14-15H2,1-2H3/b17-13-/t20-,21-,22+,23+,25-,26-/m0/s1. The lowest BCUT2D eigenvalue weighted by Gasteiger charge is -2.56. The van der Waals surface area contributed by atoms with E-state index in [9.17, 15) is 20.0 Å². The number of allylic oxidation sites excluding steroid dienone is 2. The predicted molar refractivity (Wildman–Crippen MR) is 119 cm³/mol. The summed E-state index contributed by atoms with van der Waals surface area (Å²) in [5, 5.41) is 21.1. The summed E-state index contributed by atoms with van der Waals surface area (Å²) in [5.74, 6) is 1.72. The molecular formula is C26H31NO4. The quantitative estimate of drug-likeness (QED) is 0.297. The van der Waals surface area contributed by atoms with Gasteiger partial charge < -0.3 is 5.11 Å². The number of carbonyl (C=O) groups is 1. The number of Topliss-reactive ketones (excluding diaryl/α,β-unsaturated/α-hetero) is 1. The largest absolute Gasteiger partial charge is 0.393 e. The minimum Gasteiger partial charge on any atom is -0.393 e. The van der Waals surface area contributed by atoms with Crippen LogP contribution >= 0.6 is 0 Å². The smallest absolute Gasteiger partial charge is 0.269 e. The molecule has 6 atom stereocenters. The second-order valence-electron chi connectivity index (χ2n) is 10.7. The van der Waals surface area contributed by atoms with E-state index in [0.29, 0.717) is 17.8 Å². The Morgan fingerprint density at radius 3 is 2.48 bits per heavy atom. The topological polar surface area (TPSA) is 80.4 Å². The molecule has 0 bridgehead atoms. The van der Waals surface area contributed by atoms with E-state index in [-0.39, 0.29) is 28.4 Å². The number of hydrogen-bond acceptors (Lipinski definition) is 4. The number of nitro groups is 1. The number of aliphatic hydroxyl groups excluding tert-OH is 1. The first-order valence-electron chi connectivity index (χ1n) is 11.6. The third-order valence-corrected chi connectivity index (χ3v) is 9.16. The van der Waals surface area contributed by atoms with Crippen LogP contribution in [0.5, 0.6) is 0 Å².